The average Bonchev–Trinajstić information content (AvgIpc) is 3.45. The van der Waals surface area contributed by atoms with Crippen molar-refractivity contribution >= 4 is 49.9 Å². The van der Waals surface area contributed by atoms with E-state index in [0.29, 0.717) is 25.3 Å². The minimum Gasteiger partial charge on any atom is -0.494 e. The first-order chi connectivity index (χ1) is 16.1. The van der Waals surface area contributed by atoms with Crippen molar-refractivity contribution in [1.29, 1.82) is 0 Å². The maximum atomic E-state index is 13.0. The highest BCUT2D eigenvalue weighted by Crippen LogP contribution is 2.41. The van der Waals surface area contributed by atoms with E-state index in [1.54, 1.807) is 35.9 Å². The average molecular weight is 467 g/mol. The number of methoxy groups -OCH3 is 1. The molecule has 0 aliphatic heterocycles. The van der Waals surface area contributed by atoms with Crippen LogP contribution in [-0.4, -0.2) is 62.9 Å². The molecule has 1 amide bonds. The minimum atomic E-state index is -0.0648. The second kappa shape index (κ2) is 8.95. The van der Waals surface area contributed by atoms with Crippen molar-refractivity contribution in [3.05, 3.63) is 35.1 Å². The van der Waals surface area contributed by atoms with Crippen molar-refractivity contribution in [2.45, 2.75) is 26.2 Å². The maximum Gasteiger partial charge on any atom is 0.226 e. The third-order valence-corrected chi connectivity index (χ3v) is 7.43. The quantitative estimate of drug-likeness (QED) is 0.383. The largest absolute Gasteiger partial charge is 0.494 e. The number of benzene rings is 1. The van der Waals surface area contributed by atoms with Crippen molar-refractivity contribution in [2.75, 3.05) is 32.1 Å². The number of aromatic amines is 1. The number of hydrogen-bond acceptors (Lipinski definition) is 8. The monoisotopic (exact) mass is 466 g/mol. The van der Waals surface area contributed by atoms with Crippen LogP contribution in [0, 0.1) is 5.92 Å². The Kier molecular flexibility index (Phi) is 5.86. The van der Waals surface area contributed by atoms with Gasteiger partial charge >= 0.3 is 0 Å². The number of hydrogen-bond donors (Lipinski definition) is 3. The van der Waals surface area contributed by atoms with Crippen LogP contribution in [0.5, 0.6) is 5.75 Å². The number of H-pyrrole nitrogens is 1. The number of aliphatic hydroxyl groups excluding tert-OH is 1. The molecule has 1 unspecified atom stereocenters. The van der Waals surface area contributed by atoms with E-state index in [1.807, 2.05) is 19.1 Å². The van der Waals surface area contributed by atoms with Crippen LogP contribution < -0.4 is 10.1 Å². The molecule has 1 aliphatic carbocycles. The fourth-order valence-corrected chi connectivity index (χ4v) is 5.85. The molecule has 172 valence electrons. The molecule has 0 fully saturated rings. The highest BCUT2D eigenvalue weighted by Gasteiger charge is 2.31. The summed E-state index contributed by atoms with van der Waals surface area (Å²) in [4.78, 5) is 25.9. The van der Waals surface area contributed by atoms with E-state index < -0.39 is 0 Å². The minimum absolute atomic E-state index is 0.0148. The van der Waals surface area contributed by atoms with Gasteiger partial charge < -0.3 is 20.1 Å². The van der Waals surface area contributed by atoms with E-state index in [9.17, 15) is 9.90 Å². The Hall–Kier alpha value is -3.24. The molecule has 3 heterocycles. The predicted octanol–water partition coefficient (Wildman–Crippen LogP) is 3.27. The van der Waals surface area contributed by atoms with Crippen LogP contribution in [0.15, 0.2) is 24.7 Å². The molecule has 0 bridgehead atoms. The second-order valence-corrected chi connectivity index (χ2v) is 9.21. The van der Waals surface area contributed by atoms with E-state index in [4.69, 9.17) is 4.74 Å². The van der Waals surface area contributed by atoms with Gasteiger partial charge in [0.25, 0.3) is 0 Å². The number of nitrogens with zero attached hydrogens (tertiary/aromatic N) is 4. The zero-order valence-electron chi connectivity index (χ0n) is 18.6. The number of amides is 1. The Balaban J connectivity index is 1.48. The fraction of sp³-hybridized carbons (Fsp3) is 0.391. The van der Waals surface area contributed by atoms with Gasteiger partial charge in [-0.15, -0.1) is 11.3 Å². The Labute approximate surface area is 194 Å². The number of carbonyl (C=O) groups excluding carboxylic acids is 1. The van der Waals surface area contributed by atoms with Crippen LogP contribution in [0.1, 0.15) is 23.8 Å². The molecule has 1 atom stereocenters. The van der Waals surface area contributed by atoms with Gasteiger partial charge in [-0.05, 0) is 37.8 Å². The second-order valence-electron chi connectivity index (χ2n) is 8.12. The van der Waals surface area contributed by atoms with E-state index in [-0.39, 0.29) is 18.4 Å². The molecular weight excluding hydrogens is 440 g/mol. The molecule has 3 aromatic heterocycles. The van der Waals surface area contributed by atoms with Gasteiger partial charge in [-0.3, -0.25) is 9.89 Å². The lowest BCUT2D eigenvalue weighted by molar-refractivity contribution is -0.136. The maximum absolute atomic E-state index is 13.0. The lowest BCUT2D eigenvalue weighted by atomic mass is 9.87. The fourth-order valence-electron chi connectivity index (χ4n) is 4.58. The number of likely N-dealkylation sites (N-methyl/N-ethyl adjacent to an activating group) is 1. The highest BCUT2D eigenvalue weighted by molar-refractivity contribution is 7.19. The molecule has 33 heavy (non-hydrogen) atoms. The normalized spacial score (nSPS) is 15.5. The lowest BCUT2D eigenvalue weighted by Gasteiger charge is -2.28. The summed E-state index contributed by atoms with van der Waals surface area (Å²) in [6.45, 7) is 2.92. The first kappa shape index (κ1) is 21.6. The van der Waals surface area contributed by atoms with Crippen LogP contribution in [-0.2, 0) is 17.6 Å². The van der Waals surface area contributed by atoms with Gasteiger partial charge in [0.15, 0.2) is 0 Å². The number of carbonyl (C=O) groups is 1. The van der Waals surface area contributed by atoms with Gasteiger partial charge in [0, 0.05) is 35.3 Å². The molecule has 0 saturated heterocycles. The third-order valence-electron chi connectivity index (χ3n) is 6.27. The number of nitrogens with one attached hydrogen (secondary N) is 2. The summed E-state index contributed by atoms with van der Waals surface area (Å²) >= 11 is 1.63. The van der Waals surface area contributed by atoms with Crippen LogP contribution in [0.3, 0.4) is 0 Å². The van der Waals surface area contributed by atoms with Crippen molar-refractivity contribution in [2.24, 2.45) is 5.92 Å². The summed E-state index contributed by atoms with van der Waals surface area (Å²) in [6, 6.07) is 3.90. The van der Waals surface area contributed by atoms with Crippen molar-refractivity contribution < 1.29 is 14.6 Å². The molecule has 1 aliphatic rings. The Bertz CT molecular complexity index is 1320. The molecule has 0 radical (unpaired) electrons. The van der Waals surface area contributed by atoms with E-state index >= 15 is 0 Å². The molecule has 0 saturated carbocycles. The first-order valence-corrected chi connectivity index (χ1v) is 11.9. The van der Waals surface area contributed by atoms with E-state index in [1.165, 1.54) is 10.4 Å². The van der Waals surface area contributed by atoms with Gasteiger partial charge in [-0.1, -0.05) is 0 Å². The molecular formula is C23H26N6O3S. The van der Waals surface area contributed by atoms with Crippen LogP contribution in [0.25, 0.3) is 21.1 Å². The summed E-state index contributed by atoms with van der Waals surface area (Å²) in [5, 5.41) is 21.8. The number of fused-ring (bicyclic) bond motifs is 4. The number of rotatable bonds is 7. The number of aliphatic hydroxyl groups is 1. The van der Waals surface area contributed by atoms with E-state index in [2.05, 4.69) is 25.5 Å². The molecule has 4 aromatic rings. The highest BCUT2D eigenvalue weighted by atomic mass is 32.1. The SMILES string of the molecule is CCN(CCO)C(=O)C1CCc2c(sc3ncnc(Nc4cc5cn[nH]c5cc4OC)c23)C1. The molecule has 1 aromatic carbocycles. The molecule has 5 rings (SSSR count). The van der Waals surface area contributed by atoms with Crippen molar-refractivity contribution in [3.8, 4) is 5.75 Å². The Morgan fingerprint density at radius 2 is 2.27 bits per heavy atom. The number of anilines is 2. The van der Waals surface area contributed by atoms with Crippen molar-refractivity contribution in [1.82, 2.24) is 25.1 Å². The van der Waals surface area contributed by atoms with E-state index in [0.717, 1.165) is 45.5 Å². The number of thiophene rings is 1. The standard InChI is InChI=1S/C23H26N6O3S/c1-3-29(6-7-30)23(31)13-4-5-15-19(9-13)33-22-20(15)21(24-12-25-22)27-17-8-14-11-26-28-16(14)10-18(17)32-2/h8,10-13,30H,3-7,9H2,1-2H3,(H,26,28)(H,24,25,27). The first-order valence-electron chi connectivity index (χ1n) is 11.1. The Morgan fingerprint density at radius 1 is 1.39 bits per heavy atom. The molecule has 9 nitrogen and oxygen atoms in total. The zero-order chi connectivity index (χ0) is 22.9. The molecule has 3 N–H and O–H groups in total. The Morgan fingerprint density at radius 3 is 3.06 bits per heavy atom. The van der Waals surface area contributed by atoms with Crippen LogP contribution in [0.4, 0.5) is 11.5 Å². The van der Waals surface area contributed by atoms with Crippen molar-refractivity contribution in [3.63, 3.8) is 0 Å². The van der Waals surface area contributed by atoms with Gasteiger partial charge in [0.05, 0.1) is 36.5 Å². The zero-order valence-corrected chi connectivity index (χ0v) is 19.4. The summed E-state index contributed by atoms with van der Waals surface area (Å²) in [6.07, 6.45) is 5.61. The van der Waals surface area contributed by atoms with Crippen LogP contribution >= 0.6 is 11.3 Å². The summed E-state index contributed by atoms with van der Waals surface area (Å²) < 4.78 is 5.58. The van der Waals surface area contributed by atoms with Gasteiger partial charge in [0.1, 0.15) is 22.7 Å². The van der Waals surface area contributed by atoms with Gasteiger partial charge in [-0.2, -0.15) is 5.10 Å². The topological polar surface area (TPSA) is 116 Å². The molecule has 0 spiro atoms. The lowest BCUT2D eigenvalue weighted by Crippen LogP contribution is -2.39. The predicted molar refractivity (Wildman–Crippen MR) is 128 cm³/mol. The van der Waals surface area contributed by atoms with Gasteiger partial charge in [-0.25, -0.2) is 9.97 Å². The van der Waals surface area contributed by atoms with Crippen LogP contribution in [0.2, 0.25) is 0 Å². The number of aryl methyl sites for hydroxylation is 1. The summed E-state index contributed by atoms with van der Waals surface area (Å²) in [7, 11) is 1.64. The molecule has 10 heteroatoms. The number of ether oxygens (including phenoxy) is 1. The number of aromatic nitrogens is 4. The smallest absolute Gasteiger partial charge is 0.226 e. The third kappa shape index (κ3) is 3.89. The summed E-state index contributed by atoms with van der Waals surface area (Å²) in [5.41, 5.74) is 2.92. The van der Waals surface area contributed by atoms with Gasteiger partial charge in [0.2, 0.25) is 5.91 Å². The summed E-state index contributed by atoms with van der Waals surface area (Å²) in [5.74, 6) is 1.48.